The van der Waals surface area contributed by atoms with Gasteiger partial charge in [-0.25, -0.2) is 9.78 Å². The summed E-state index contributed by atoms with van der Waals surface area (Å²) in [5.41, 5.74) is 1.61. The highest BCUT2D eigenvalue weighted by Crippen LogP contribution is 2.33. The van der Waals surface area contributed by atoms with E-state index in [-0.39, 0.29) is 11.6 Å². The fourth-order valence-corrected chi connectivity index (χ4v) is 3.69. The van der Waals surface area contributed by atoms with E-state index in [0.29, 0.717) is 11.0 Å². The van der Waals surface area contributed by atoms with Gasteiger partial charge in [0.05, 0.1) is 27.0 Å². The number of thiophene rings is 1. The highest BCUT2D eigenvalue weighted by molar-refractivity contribution is 7.16. The van der Waals surface area contributed by atoms with E-state index in [2.05, 4.69) is 4.98 Å². The number of hydrogen-bond acceptors (Lipinski definition) is 3. The molecule has 3 rings (SSSR count). The van der Waals surface area contributed by atoms with Crippen LogP contribution in [-0.4, -0.2) is 20.6 Å². The zero-order chi connectivity index (χ0) is 15.1. The number of halogens is 1. The summed E-state index contributed by atoms with van der Waals surface area (Å²) in [5, 5.41) is 9.41. The molecule has 6 heteroatoms. The molecule has 0 aliphatic carbocycles. The van der Waals surface area contributed by atoms with E-state index in [1.165, 1.54) is 11.3 Å². The lowest BCUT2D eigenvalue weighted by atomic mass is 10.1. The van der Waals surface area contributed by atoms with Crippen LogP contribution in [0.5, 0.6) is 0 Å². The zero-order valence-corrected chi connectivity index (χ0v) is 13.1. The molecule has 0 saturated heterocycles. The maximum atomic E-state index is 11.5. The Morgan fingerprint density at radius 3 is 2.76 bits per heavy atom. The Morgan fingerprint density at radius 1 is 1.38 bits per heavy atom. The minimum atomic E-state index is -0.946. The molecule has 1 aromatic carbocycles. The molecule has 2 aromatic heterocycles. The van der Waals surface area contributed by atoms with Crippen molar-refractivity contribution in [2.75, 3.05) is 0 Å². The summed E-state index contributed by atoms with van der Waals surface area (Å²) in [5.74, 6) is -0.158. The third-order valence-electron chi connectivity index (χ3n) is 3.51. The molecule has 3 aromatic rings. The van der Waals surface area contributed by atoms with Crippen molar-refractivity contribution in [3.05, 3.63) is 50.9 Å². The molecule has 0 bridgehead atoms. The Kier molecular flexibility index (Phi) is 3.47. The Balaban J connectivity index is 2.26. The fraction of sp³-hybridized carbons (Fsp3) is 0.200. The predicted molar refractivity (Wildman–Crippen MR) is 84.6 cm³/mol. The monoisotopic (exact) mass is 320 g/mol. The van der Waals surface area contributed by atoms with Crippen LogP contribution in [0.4, 0.5) is 0 Å². The normalized spacial score (nSPS) is 12.7. The fourth-order valence-electron chi connectivity index (χ4n) is 2.59. The van der Waals surface area contributed by atoms with Crippen molar-refractivity contribution in [1.29, 1.82) is 0 Å². The highest BCUT2D eigenvalue weighted by Gasteiger charge is 2.20. The molecule has 21 heavy (non-hydrogen) atoms. The van der Waals surface area contributed by atoms with E-state index in [4.69, 9.17) is 11.6 Å². The summed E-state index contributed by atoms with van der Waals surface area (Å²) >= 11 is 7.50. The van der Waals surface area contributed by atoms with Gasteiger partial charge >= 0.3 is 5.97 Å². The number of carboxylic acid groups (broad SMARTS) is 1. The summed E-state index contributed by atoms with van der Waals surface area (Å²) in [7, 11) is 0. The molecule has 0 aliphatic rings. The molecular weight excluding hydrogens is 308 g/mol. The first-order valence-electron chi connectivity index (χ1n) is 6.45. The Hall–Kier alpha value is -1.85. The lowest BCUT2D eigenvalue weighted by Gasteiger charge is -2.16. The van der Waals surface area contributed by atoms with Gasteiger partial charge in [0.2, 0.25) is 0 Å². The largest absolute Gasteiger partial charge is 0.478 e. The van der Waals surface area contributed by atoms with Gasteiger partial charge in [-0.3, -0.25) is 0 Å². The van der Waals surface area contributed by atoms with Crippen LogP contribution in [0, 0.1) is 6.92 Å². The third kappa shape index (κ3) is 2.32. The molecule has 1 unspecified atom stereocenters. The lowest BCUT2D eigenvalue weighted by molar-refractivity contribution is 0.0698. The first kappa shape index (κ1) is 14.1. The molecular formula is C15H13ClN2O2S. The van der Waals surface area contributed by atoms with Crippen molar-refractivity contribution in [3.63, 3.8) is 0 Å². The van der Waals surface area contributed by atoms with Crippen molar-refractivity contribution in [1.82, 2.24) is 9.55 Å². The van der Waals surface area contributed by atoms with Gasteiger partial charge in [-0.2, -0.15) is 0 Å². The number of aromatic nitrogens is 2. The molecule has 108 valence electrons. The highest BCUT2D eigenvalue weighted by atomic mass is 35.5. The number of aromatic carboxylic acids is 1. The molecule has 4 nitrogen and oxygen atoms in total. The second kappa shape index (κ2) is 5.16. The number of hydrogen-bond donors (Lipinski definition) is 1. The molecule has 1 N–H and O–H groups in total. The number of carboxylic acids is 1. The number of rotatable bonds is 3. The van der Waals surface area contributed by atoms with Gasteiger partial charge in [-0.15, -0.1) is 11.3 Å². The molecule has 0 spiro atoms. The molecule has 0 fully saturated rings. The molecule has 0 radical (unpaired) electrons. The molecule has 0 amide bonds. The number of nitrogens with zero attached hydrogens (tertiary/aromatic N) is 2. The smallest absolute Gasteiger partial charge is 0.337 e. The molecule has 0 aliphatic heterocycles. The minimum absolute atomic E-state index is 0.0204. The van der Waals surface area contributed by atoms with Crippen LogP contribution in [-0.2, 0) is 0 Å². The summed E-state index contributed by atoms with van der Waals surface area (Å²) in [6, 6.07) is 8.95. The Labute approximate surface area is 130 Å². The SMILES string of the molecule is Cc1nc2cccc(C(=O)O)c2n1C(C)c1ccc(Cl)s1. The molecule has 0 saturated carbocycles. The lowest BCUT2D eigenvalue weighted by Crippen LogP contribution is -2.10. The standard InChI is InChI=1S/C15H13ClN2O2S/c1-8(12-6-7-13(16)21-12)18-9(2)17-11-5-3-4-10(14(11)18)15(19)20/h3-8H,1-2H3,(H,19,20). The van der Waals surface area contributed by atoms with Gasteiger partial charge in [0.25, 0.3) is 0 Å². The number of para-hydroxylation sites is 1. The van der Waals surface area contributed by atoms with Gasteiger partial charge in [-0.1, -0.05) is 17.7 Å². The van der Waals surface area contributed by atoms with Gasteiger partial charge < -0.3 is 9.67 Å². The first-order valence-corrected chi connectivity index (χ1v) is 7.64. The van der Waals surface area contributed by atoms with Crippen molar-refractivity contribution < 1.29 is 9.90 Å². The summed E-state index contributed by atoms with van der Waals surface area (Å²) in [6.07, 6.45) is 0. The van der Waals surface area contributed by atoms with E-state index in [1.807, 2.05) is 36.6 Å². The Morgan fingerprint density at radius 2 is 2.14 bits per heavy atom. The maximum Gasteiger partial charge on any atom is 0.337 e. The second-order valence-corrected chi connectivity index (χ2v) is 6.57. The predicted octanol–water partition coefficient (Wildman–Crippen LogP) is 4.37. The van der Waals surface area contributed by atoms with Crippen LogP contribution in [0.3, 0.4) is 0 Å². The van der Waals surface area contributed by atoms with Crippen LogP contribution in [0.1, 0.15) is 34.0 Å². The van der Waals surface area contributed by atoms with Crippen molar-refractivity contribution in [2.24, 2.45) is 0 Å². The number of carbonyl (C=O) groups is 1. The number of benzene rings is 1. The van der Waals surface area contributed by atoms with E-state index in [9.17, 15) is 9.90 Å². The van der Waals surface area contributed by atoms with Crippen LogP contribution >= 0.6 is 22.9 Å². The summed E-state index contributed by atoms with van der Waals surface area (Å²) in [4.78, 5) is 17.0. The van der Waals surface area contributed by atoms with E-state index in [0.717, 1.165) is 15.0 Å². The first-order chi connectivity index (χ1) is 9.99. The summed E-state index contributed by atoms with van der Waals surface area (Å²) in [6.45, 7) is 3.91. The van der Waals surface area contributed by atoms with Gasteiger partial charge in [0.15, 0.2) is 0 Å². The zero-order valence-electron chi connectivity index (χ0n) is 11.5. The second-order valence-electron chi connectivity index (χ2n) is 4.83. The Bertz CT molecular complexity index is 837. The number of fused-ring (bicyclic) bond motifs is 1. The van der Waals surface area contributed by atoms with Crippen LogP contribution in [0.15, 0.2) is 30.3 Å². The van der Waals surface area contributed by atoms with Crippen LogP contribution in [0.25, 0.3) is 11.0 Å². The van der Waals surface area contributed by atoms with Crippen molar-refractivity contribution in [2.45, 2.75) is 19.9 Å². The topological polar surface area (TPSA) is 55.1 Å². The average molecular weight is 321 g/mol. The van der Waals surface area contributed by atoms with E-state index >= 15 is 0 Å². The average Bonchev–Trinajstić information content (AvgIpc) is 3.00. The van der Waals surface area contributed by atoms with Crippen LogP contribution in [0.2, 0.25) is 4.34 Å². The maximum absolute atomic E-state index is 11.5. The van der Waals surface area contributed by atoms with E-state index < -0.39 is 5.97 Å². The van der Waals surface area contributed by atoms with Crippen molar-refractivity contribution in [3.8, 4) is 0 Å². The summed E-state index contributed by atoms with van der Waals surface area (Å²) < 4.78 is 2.68. The van der Waals surface area contributed by atoms with Gasteiger partial charge in [0.1, 0.15) is 5.82 Å². The quantitative estimate of drug-likeness (QED) is 0.779. The van der Waals surface area contributed by atoms with Crippen molar-refractivity contribution >= 4 is 39.9 Å². The molecule has 1 atom stereocenters. The van der Waals surface area contributed by atoms with Gasteiger partial charge in [-0.05, 0) is 38.1 Å². The van der Waals surface area contributed by atoms with E-state index in [1.54, 1.807) is 12.1 Å². The third-order valence-corrected chi connectivity index (χ3v) is 4.91. The van der Waals surface area contributed by atoms with Gasteiger partial charge in [0, 0.05) is 4.88 Å². The van der Waals surface area contributed by atoms with Crippen LogP contribution < -0.4 is 0 Å². The number of imidazole rings is 1. The number of aryl methyl sites for hydroxylation is 1. The minimum Gasteiger partial charge on any atom is -0.478 e. The molecule has 2 heterocycles.